The maximum Gasteiger partial charge on any atom is 0.309 e. The van der Waals surface area contributed by atoms with Crippen LogP contribution in [0.5, 0.6) is 0 Å². The second-order valence-electron chi connectivity index (χ2n) is 5.17. The van der Waals surface area contributed by atoms with E-state index in [1.807, 2.05) is 47.8 Å². The quantitative estimate of drug-likeness (QED) is 0.529. The number of benzene rings is 1. The first-order chi connectivity index (χ1) is 12.8. The molecule has 0 fully saturated rings. The summed E-state index contributed by atoms with van der Waals surface area (Å²) < 4.78 is 1.66. The lowest BCUT2D eigenvalue weighted by molar-refractivity contribution is 0.0952. The van der Waals surface area contributed by atoms with Crippen molar-refractivity contribution < 1.29 is 4.79 Å². The second-order valence-corrected chi connectivity index (χ2v) is 6.12. The van der Waals surface area contributed by atoms with E-state index in [0.29, 0.717) is 11.6 Å². The van der Waals surface area contributed by atoms with E-state index in [0.717, 1.165) is 10.6 Å². The van der Waals surface area contributed by atoms with Crippen LogP contribution in [0.2, 0.25) is 0 Å². The van der Waals surface area contributed by atoms with Gasteiger partial charge in [0.1, 0.15) is 0 Å². The van der Waals surface area contributed by atoms with Gasteiger partial charge >= 0.3 is 5.91 Å². The highest BCUT2D eigenvalue weighted by atomic mass is 32.1. The molecule has 0 atom stereocenters. The summed E-state index contributed by atoms with van der Waals surface area (Å²) in [5.41, 5.74) is 6.04. The molecule has 0 radical (unpaired) electrons. The Balaban J connectivity index is 1.64. The van der Waals surface area contributed by atoms with Crippen molar-refractivity contribution in [3.05, 3.63) is 72.0 Å². The highest BCUT2D eigenvalue weighted by Gasteiger charge is 2.19. The van der Waals surface area contributed by atoms with Gasteiger partial charge in [-0.2, -0.15) is 5.10 Å². The maximum absolute atomic E-state index is 12.4. The van der Waals surface area contributed by atoms with E-state index in [1.54, 1.807) is 23.0 Å². The molecule has 3 heterocycles. The average Bonchev–Trinajstić information content (AvgIpc) is 3.37. The zero-order valence-corrected chi connectivity index (χ0v) is 14.2. The van der Waals surface area contributed by atoms with Gasteiger partial charge in [0.25, 0.3) is 0 Å². The summed E-state index contributed by atoms with van der Waals surface area (Å²) >= 11 is 1.53. The van der Waals surface area contributed by atoms with E-state index in [-0.39, 0.29) is 5.82 Å². The topological polar surface area (TPSA) is 97.6 Å². The van der Waals surface area contributed by atoms with Crippen LogP contribution in [0.25, 0.3) is 16.4 Å². The molecule has 0 aliphatic rings. The normalized spacial score (nSPS) is 10.5. The van der Waals surface area contributed by atoms with Crippen LogP contribution in [0, 0.1) is 0 Å². The molecular weight excluding hydrogens is 350 g/mol. The van der Waals surface area contributed by atoms with Crippen molar-refractivity contribution in [3.63, 3.8) is 0 Å². The number of amides is 1. The molecule has 0 bridgehead atoms. The molecule has 0 saturated carbocycles. The molecule has 8 nitrogen and oxygen atoms in total. The van der Waals surface area contributed by atoms with E-state index in [1.165, 1.54) is 11.3 Å². The Kier molecular flexibility index (Phi) is 4.35. The van der Waals surface area contributed by atoms with Crippen LogP contribution < -0.4 is 10.9 Å². The van der Waals surface area contributed by atoms with Crippen LogP contribution in [0.15, 0.2) is 66.2 Å². The van der Waals surface area contributed by atoms with Crippen LogP contribution in [0.4, 0.5) is 5.82 Å². The first-order valence-electron chi connectivity index (χ1n) is 7.72. The van der Waals surface area contributed by atoms with Gasteiger partial charge < -0.3 is 0 Å². The minimum Gasteiger partial charge on any atom is -0.280 e. The summed E-state index contributed by atoms with van der Waals surface area (Å²) in [5, 5.41) is 13.9. The molecule has 2 N–H and O–H groups in total. The minimum atomic E-state index is -0.469. The van der Waals surface area contributed by atoms with Gasteiger partial charge in [-0.05, 0) is 35.7 Å². The number of nitrogens with zero attached hydrogens (tertiary/aromatic N) is 5. The summed E-state index contributed by atoms with van der Waals surface area (Å²) in [6.45, 7) is 0. The Bertz CT molecular complexity index is 1000. The van der Waals surface area contributed by atoms with E-state index in [9.17, 15) is 4.79 Å². The fourth-order valence-electron chi connectivity index (χ4n) is 2.27. The standard InChI is InChI=1S/C17H13N7OS/c25-17(22-21-14-9-4-10-18-20-14)15-19-16(13-8-5-11-26-13)24(23-15)12-6-2-1-3-7-12/h1-11H,(H,20,21)(H,22,25). The smallest absolute Gasteiger partial charge is 0.280 e. The molecule has 0 spiro atoms. The average molecular weight is 363 g/mol. The summed E-state index contributed by atoms with van der Waals surface area (Å²) in [4.78, 5) is 17.8. The van der Waals surface area contributed by atoms with Gasteiger partial charge in [-0.1, -0.05) is 24.3 Å². The predicted octanol–water partition coefficient (Wildman–Crippen LogP) is 2.54. The Labute approximate surface area is 152 Å². The number of aromatic nitrogens is 5. The lowest BCUT2D eigenvalue weighted by atomic mass is 10.3. The van der Waals surface area contributed by atoms with Gasteiger partial charge in [0, 0.05) is 6.20 Å². The molecule has 3 aromatic heterocycles. The van der Waals surface area contributed by atoms with Crippen molar-refractivity contribution in [3.8, 4) is 16.4 Å². The molecule has 0 saturated heterocycles. The molecule has 26 heavy (non-hydrogen) atoms. The van der Waals surface area contributed by atoms with Crippen molar-refractivity contribution in [2.75, 3.05) is 5.43 Å². The number of hydrogen-bond donors (Lipinski definition) is 2. The third-order valence-corrected chi connectivity index (χ3v) is 4.29. The molecule has 0 aliphatic carbocycles. The van der Waals surface area contributed by atoms with Crippen LogP contribution in [0.1, 0.15) is 10.6 Å². The first kappa shape index (κ1) is 15.9. The van der Waals surface area contributed by atoms with Gasteiger partial charge in [-0.3, -0.25) is 15.6 Å². The van der Waals surface area contributed by atoms with Crippen molar-refractivity contribution in [1.29, 1.82) is 0 Å². The molecule has 4 aromatic rings. The fraction of sp³-hybridized carbons (Fsp3) is 0. The Hall–Kier alpha value is -3.59. The van der Waals surface area contributed by atoms with E-state index >= 15 is 0 Å². The molecule has 0 aliphatic heterocycles. The van der Waals surface area contributed by atoms with E-state index in [4.69, 9.17) is 0 Å². The first-order valence-corrected chi connectivity index (χ1v) is 8.59. The zero-order valence-electron chi connectivity index (χ0n) is 13.4. The summed E-state index contributed by atoms with van der Waals surface area (Å²) in [6.07, 6.45) is 1.55. The SMILES string of the molecule is O=C(NNc1cccnn1)c1nc(-c2cccs2)n(-c2ccccc2)n1. The molecule has 9 heteroatoms. The van der Waals surface area contributed by atoms with Crippen LogP contribution in [-0.4, -0.2) is 30.9 Å². The summed E-state index contributed by atoms with van der Waals surface area (Å²) in [5.74, 6) is 0.606. The Morgan fingerprint density at radius 2 is 1.92 bits per heavy atom. The van der Waals surface area contributed by atoms with E-state index < -0.39 is 5.91 Å². The highest BCUT2D eigenvalue weighted by molar-refractivity contribution is 7.13. The van der Waals surface area contributed by atoms with Crippen molar-refractivity contribution in [2.24, 2.45) is 0 Å². The summed E-state index contributed by atoms with van der Waals surface area (Å²) in [7, 11) is 0. The number of thiophene rings is 1. The monoisotopic (exact) mass is 363 g/mol. The maximum atomic E-state index is 12.4. The number of carbonyl (C=O) groups excluding carboxylic acids is 1. The number of para-hydroxylation sites is 1. The fourth-order valence-corrected chi connectivity index (χ4v) is 2.97. The second kappa shape index (κ2) is 7.11. The van der Waals surface area contributed by atoms with E-state index in [2.05, 4.69) is 31.1 Å². The highest BCUT2D eigenvalue weighted by Crippen LogP contribution is 2.25. The molecule has 128 valence electrons. The number of anilines is 1. The molecule has 4 rings (SSSR count). The van der Waals surface area contributed by atoms with Gasteiger partial charge in [-0.15, -0.1) is 21.5 Å². The van der Waals surface area contributed by atoms with Gasteiger partial charge in [-0.25, -0.2) is 9.67 Å². The van der Waals surface area contributed by atoms with Crippen LogP contribution in [-0.2, 0) is 0 Å². The van der Waals surface area contributed by atoms with Gasteiger partial charge in [0.15, 0.2) is 11.6 Å². The largest absolute Gasteiger partial charge is 0.309 e. The van der Waals surface area contributed by atoms with Gasteiger partial charge in [0.05, 0.1) is 10.6 Å². The Morgan fingerprint density at radius 1 is 1.04 bits per heavy atom. The number of hydrogen-bond acceptors (Lipinski definition) is 7. The van der Waals surface area contributed by atoms with Gasteiger partial charge in [0.2, 0.25) is 5.82 Å². The Morgan fingerprint density at radius 3 is 2.65 bits per heavy atom. The van der Waals surface area contributed by atoms with Crippen LogP contribution >= 0.6 is 11.3 Å². The predicted molar refractivity (Wildman–Crippen MR) is 97.8 cm³/mol. The number of rotatable bonds is 5. The minimum absolute atomic E-state index is 0.0497. The number of hydrazine groups is 1. The molecule has 1 aromatic carbocycles. The number of nitrogens with one attached hydrogen (secondary N) is 2. The zero-order chi connectivity index (χ0) is 17.8. The van der Waals surface area contributed by atoms with Crippen LogP contribution in [0.3, 0.4) is 0 Å². The molecule has 0 unspecified atom stereocenters. The van der Waals surface area contributed by atoms with Crippen molar-refractivity contribution in [2.45, 2.75) is 0 Å². The lowest BCUT2D eigenvalue weighted by Gasteiger charge is -2.04. The third-order valence-electron chi connectivity index (χ3n) is 3.43. The van der Waals surface area contributed by atoms with Crippen molar-refractivity contribution in [1.82, 2.24) is 30.4 Å². The third kappa shape index (κ3) is 3.28. The molecular formula is C17H13N7OS. The number of carbonyl (C=O) groups is 1. The summed E-state index contributed by atoms with van der Waals surface area (Å²) in [6, 6.07) is 16.8. The molecule has 1 amide bonds. The van der Waals surface area contributed by atoms with Crippen molar-refractivity contribution >= 4 is 23.1 Å². The lowest BCUT2D eigenvalue weighted by Crippen LogP contribution is -2.30.